The van der Waals surface area contributed by atoms with E-state index in [0.717, 1.165) is 5.56 Å². The second kappa shape index (κ2) is 7.35. The maximum atomic E-state index is 12.7. The molecule has 134 valence electrons. The molecule has 0 atom stereocenters. The maximum absolute atomic E-state index is 12.7. The summed E-state index contributed by atoms with van der Waals surface area (Å²) in [5.74, 6) is -0.494. The van der Waals surface area contributed by atoms with E-state index in [0.29, 0.717) is 28.8 Å². The van der Waals surface area contributed by atoms with Crippen molar-refractivity contribution in [2.24, 2.45) is 5.92 Å². The Morgan fingerprint density at radius 1 is 1.15 bits per heavy atom. The molecule has 0 radical (unpaired) electrons. The lowest BCUT2D eigenvalue weighted by Crippen LogP contribution is -2.42. The Morgan fingerprint density at radius 2 is 1.88 bits per heavy atom. The summed E-state index contributed by atoms with van der Waals surface area (Å²) < 4.78 is 5.25. The number of carbonyl (C=O) groups excluding carboxylic acids is 2. The predicted octanol–water partition coefficient (Wildman–Crippen LogP) is 3.01. The lowest BCUT2D eigenvalue weighted by atomic mass is 10.1. The average molecular weight is 352 g/mol. The zero-order valence-electron chi connectivity index (χ0n) is 14.9. The molecule has 2 aromatic heterocycles. The van der Waals surface area contributed by atoms with E-state index in [1.54, 1.807) is 13.0 Å². The lowest BCUT2D eigenvalue weighted by molar-refractivity contribution is -0.122. The molecule has 2 amide bonds. The van der Waals surface area contributed by atoms with E-state index in [1.165, 1.54) is 0 Å². The summed E-state index contributed by atoms with van der Waals surface area (Å²) in [5, 5.41) is 4.43. The molecule has 3 rings (SSSR count). The highest BCUT2D eigenvalue weighted by Crippen LogP contribution is 2.26. The molecular formula is C19H20N4O3. The van der Waals surface area contributed by atoms with Crippen LogP contribution < -0.4 is 10.9 Å². The second-order valence-electron chi connectivity index (χ2n) is 6.47. The largest absolute Gasteiger partial charge is 0.335 e. The van der Waals surface area contributed by atoms with Gasteiger partial charge in [0.05, 0.1) is 22.3 Å². The summed E-state index contributed by atoms with van der Waals surface area (Å²) >= 11 is 0. The molecule has 2 N–H and O–H groups in total. The van der Waals surface area contributed by atoms with Crippen LogP contribution in [0.2, 0.25) is 0 Å². The van der Waals surface area contributed by atoms with Crippen molar-refractivity contribution < 1.29 is 14.1 Å². The highest BCUT2D eigenvalue weighted by atomic mass is 16.5. The summed E-state index contributed by atoms with van der Waals surface area (Å²) in [6, 6.07) is 11.1. The van der Waals surface area contributed by atoms with Crippen molar-refractivity contribution in [1.82, 2.24) is 21.0 Å². The zero-order chi connectivity index (χ0) is 18.7. The molecule has 0 aliphatic rings. The van der Waals surface area contributed by atoms with Gasteiger partial charge in [0, 0.05) is 12.0 Å². The third kappa shape index (κ3) is 3.72. The van der Waals surface area contributed by atoms with Crippen LogP contribution in [0, 0.1) is 12.8 Å². The van der Waals surface area contributed by atoms with Crippen LogP contribution in [0.3, 0.4) is 0 Å². The summed E-state index contributed by atoms with van der Waals surface area (Å²) in [6.07, 6.45) is 0.327. The van der Waals surface area contributed by atoms with Crippen molar-refractivity contribution >= 4 is 22.9 Å². The number of benzene rings is 1. The Hall–Kier alpha value is -3.22. The van der Waals surface area contributed by atoms with Crippen LogP contribution in [0.5, 0.6) is 0 Å². The first-order valence-electron chi connectivity index (χ1n) is 8.37. The number of rotatable bonds is 4. The Labute approximate surface area is 150 Å². The SMILES string of the molecule is Cc1noc2nc(-c3ccccc3)cc(C(=O)NNC(=O)CC(C)C)c12. The van der Waals surface area contributed by atoms with E-state index >= 15 is 0 Å². The first-order valence-corrected chi connectivity index (χ1v) is 8.37. The topological polar surface area (TPSA) is 97.1 Å². The predicted molar refractivity (Wildman–Crippen MR) is 97.0 cm³/mol. The Kier molecular flexibility index (Phi) is 4.97. The molecule has 3 aromatic rings. The number of hydrogen-bond donors (Lipinski definition) is 2. The fourth-order valence-corrected chi connectivity index (χ4v) is 2.65. The number of fused-ring (bicyclic) bond motifs is 1. The molecule has 1 aromatic carbocycles. The lowest BCUT2D eigenvalue weighted by Gasteiger charge is -2.10. The van der Waals surface area contributed by atoms with Gasteiger partial charge in [-0.15, -0.1) is 0 Å². The number of aromatic nitrogens is 2. The minimum Gasteiger partial charge on any atom is -0.335 e. The van der Waals surface area contributed by atoms with Crippen LogP contribution in [-0.4, -0.2) is 22.0 Å². The molecule has 0 aliphatic carbocycles. The van der Waals surface area contributed by atoms with Gasteiger partial charge in [-0.05, 0) is 18.9 Å². The number of carbonyl (C=O) groups is 2. The van der Waals surface area contributed by atoms with Crippen LogP contribution >= 0.6 is 0 Å². The number of nitrogens with one attached hydrogen (secondary N) is 2. The Bertz CT molecular complexity index is 948. The van der Waals surface area contributed by atoms with Gasteiger partial charge in [0.15, 0.2) is 0 Å². The summed E-state index contributed by atoms with van der Waals surface area (Å²) in [5.41, 5.74) is 7.52. The minimum atomic E-state index is -0.446. The van der Waals surface area contributed by atoms with E-state index in [-0.39, 0.29) is 17.5 Å². The van der Waals surface area contributed by atoms with E-state index in [4.69, 9.17) is 4.52 Å². The quantitative estimate of drug-likeness (QED) is 0.704. The number of pyridine rings is 1. The summed E-state index contributed by atoms with van der Waals surface area (Å²) in [6.45, 7) is 5.60. The third-order valence-corrected chi connectivity index (χ3v) is 3.84. The van der Waals surface area contributed by atoms with Gasteiger partial charge < -0.3 is 4.52 Å². The molecule has 7 nitrogen and oxygen atoms in total. The summed E-state index contributed by atoms with van der Waals surface area (Å²) in [4.78, 5) is 28.9. The molecule has 0 aliphatic heterocycles. The molecule has 7 heteroatoms. The van der Waals surface area contributed by atoms with Crippen molar-refractivity contribution in [2.45, 2.75) is 27.2 Å². The van der Waals surface area contributed by atoms with Crippen molar-refractivity contribution in [3.8, 4) is 11.3 Å². The smallest absolute Gasteiger partial charge is 0.270 e. The standard InChI is InChI=1S/C19H20N4O3/c1-11(2)9-16(24)21-22-18(25)14-10-15(13-7-5-4-6-8-13)20-19-17(14)12(3)23-26-19/h4-8,10-11H,9H2,1-3H3,(H,21,24)(H,22,25). The minimum absolute atomic E-state index is 0.199. The highest BCUT2D eigenvalue weighted by Gasteiger charge is 2.19. The molecule has 0 saturated heterocycles. The van der Waals surface area contributed by atoms with E-state index in [9.17, 15) is 9.59 Å². The summed E-state index contributed by atoms with van der Waals surface area (Å²) in [7, 11) is 0. The van der Waals surface area contributed by atoms with E-state index < -0.39 is 5.91 Å². The van der Waals surface area contributed by atoms with Gasteiger partial charge in [-0.1, -0.05) is 49.3 Å². The van der Waals surface area contributed by atoms with Gasteiger partial charge >= 0.3 is 0 Å². The van der Waals surface area contributed by atoms with Crippen molar-refractivity contribution in [2.75, 3.05) is 0 Å². The van der Waals surface area contributed by atoms with E-state index in [2.05, 4.69) is 21.0 Å². The number of nitrogens with zero attached hydrogens (tertiary/aromatic N) is 2. The van der Waals surface area contributed by atoms with Gasteiger partial charge in [0.2, 0.25) is 5.91 Å². The van der Waals surface area contributed by atoms with Gasteiger partial charge in [-0.3, -0.25) is 20.4 Å². The Balaban J connectivity index is 1.94. The second-order valence-corrected chi connectivity index (χ2v) is 6.47. The maximum Gasteiger partial charge on any atom is 0.270 e. The van der Waals surface area contributed by atoms with Crippen molar-refractivity contribution in [1.29, 1.82) is 0 Å². The van der Waals surface area contributed by atoms with Gasteiger partial charge in [-0.25, -0.2) is 4.98 Å². The molecule has 2 heterocycles. The third-order valence-electron chi connectivity index (χ3n) is 3.84. The molecule has 0 unspecified atom stereocenters. The fraction of sp³-hybridized carbons (Fsp3) is 0.263. The molecular weight excluding hydrogens is 332 g/mol. The van der Waals surface area contributed by atoms with Gasteiger partial charge in [0.1, 0.15) is 0 Å². The first-order chi connectivity index (χ1) is 12.5. The number of amides is 2. The number of aryl methyl sites for hydroxylation is 1. The zero-order valence-corrected chi connectivity index (χ0v) is 14.9. The molecule has 0 saturated carbocycles. The van der Waals surface area contributed by atoms with Crippen LogP contribution in [0.25, 0.3) is 22.4 Å². The monoisotopic (exact) mass is 352 g/mol. The van der Waals surface area contributed by atoms with Crippen LogP contribution in [0.4, 0.5) is 0 Å². The van der Waals surface area contributed by atoms with Gasteiger partial charge in [0.25, 0.3) is 11.6 Å². The average Bonchev–Trinajstić information content (AvgIpc) is 3.00. The molecule has 0 fully saturated rings. The van der Waals surface area contributed by atoms with Gasteiger partial charge in [-0.2, -0.15) is 0 Å². The number of hydrogen-bond acceptors (Lipinski definition) is 5. The molecule has 0 bridgehead atoms. The Morgan fingerprint density at radius 3 is 2.58 bits per heavy atom. The fourth-order valence-electron chi connectivity index (χ4n) is 2.65. The van der Waals surface area contributed by atoms with Crippen LogP contribution in [-0.2, 0) is 4.79 Å². The van der Waals surface area contributed by atoms with Crippen LogP contribution in [0.1, 0.15) is 36.3 Å². The van der Waals surface area contributed by atoms with Crippen molar-refractivity contribution in [3.63, 3.8) is 0 Å². The van der Waals surface area contributed by atoms with E-state index in [1.807, 2.05) is 44.2 Å². The first kappa shape index (κ1) is 17.6. The van der Waals surface area contributed by atoms with Crippen molar-refractivity contribution in [3.05, 3.63) is 47.7 Å². The molecule has 26 heavy (non-hydrogen) atoms. The molecule has 0 spiro atoms. The highest BCUT2D eigenvalue weighted by molar-refractivity contribution is 6.07. The number of hydrazine groups is 1. The van der Waals surface area contributed by atoms with Crippen LogP contribution in [0.15, 0.2) is 40.9 Å². The normalized spacial score (nSPS) is 10.9.